The fourth-order valence-corrected chi connectivity index (χ4v) is 2.70. The molecular weight excluding hydrogens is 198 g/mol. The Morgan fingerprint density at radius 3 is 3.00 bits per heavy atom. The minimum absolute atomic E-state index is 0.704. The van der Waals surface area contributed by atoms with E-state index >= 15 is 0 Å². The average Bonchev–Trinajstić information content (AvgIpc) is 2.73. The van der Waals surface area contributed by atoms with Gasteiger partial charge in [0.25, 0.3) is 0 Å². The Hall–Kier alpha value is -0.760. The van der Waals surface area contributed by atoms with Crippen molar-refractivity contribution in [1.82, 2.24) is 5.32 Å². The van der Waals surface area contributed by atoms with E-state index in [-0.39, 0.29) is 0 Å². The molecule has 90 valence electrons. The highest BCUT2D eigenvalue weighted by Crippen LogP contribution is 2.31. The van der Waals surface area contributed by atoms with Gasteiger partial charge in [-0.3, -0.25) is 0 Å². The van der Waals surface area contributed by atoms with Gasteiger partial charge in [0.05, 0.1) is 12.5 Å². The largest absolute Gasteiger partial charge is 0.472 e. The van der Waals surface area contributed by atoms with Gasteiger partial charge in [-0.15, -0.1) is 0 Å². The molecule has 2 rings (SSSR count). The second kappa shape index (κ2) is 6.09. The number of nitrogens with one attached hydrogen (secondary N) is 1. The van der Waals surface area contributed by atoms with Crippen LogP contribution in [-0.4, -0.2) is 12.6 Å². The van der Waals surface area contributed by atoms with E-state index < -0.39 is 0 Å². The quantitative estimate of drug-likeness (QED) is 0.784. The van der Waals surface area contributed by atoms with Crippen molar-refractivity contribution < 1.29 is 4.42 Å². The second-order valence-corrected chi connectivity index (χ2v) is 4.92. The molecule has 1 N–H and O–H groups in total. The van der Waals surface area contributed by atoms with E-state index in [4.69, 9.17) is 4.42 Å². The van der Waals surface area contributed by atoms with E-state index in [1.54, 1.807) is 6.26 Å². The van der Waals surface area contributed by atoms with E-state index in [9.17, 15) is 0 Å². The van der Waals surface area contributed by atoms with Gasteiger partial charge in [-0.25, -0.2) is 0 Å². The van der Waals surface area contributed by atoms with E-state index in [1.807, 2.05) is 6.26 Å². The molecule has 1 aromatic heterocycles. The van der Waals surface area contributed by atoms with Gasteiger partial charge < -0.3 is 9.73 Å². The summed E-state index contributed by atoms with van der Waals surface area (Å²) in [7, 11) is 0. The Balaban J connectivity index is 1.93. The van der Waals surface area contributed by atoms with Crippen molar-refractivity contribution in [3.8, 4) is 0 Å². The van der Waals surface area contributed by atoms with Crippen LogP contribution in [0, 0.1) is 0 Å². The van der Waals surface area contributed by atoms with Gasteiger partial charge in [0.2, 0.25) is 0 Å². The first kappa shape index (κ1) is 11.7. The number of hydrogen-bond acceptors (Lipinski definition) is 2. The predicted octanol–water partition coefficient (Wildman–Crippen LogP) is 3.70. The lowest BCUT2D eigenvalue weighted by atomic mass is 9.92. The molecule has 0 bridgehead atoms. The van der Waals surface area contributed by atoms with Crippen LogP contribution in [0.25, 0.3) is 0 Å². The van der Waals surface area contributed by atoms with Crippen LogP contribution >= 0.6 is 0 Å². The summed E-state index contributed by atoms with van der Waals surface area (Å²) in [6.45, 7) is 3.39. The number of rotatable bonds is 4. The molecule has 16 heavy (non-hydrogen) atoms. The molecule has 0 spiro atoms. The summed E-state index contributed by atoms with van der Waals surface area (Å²) in [4.78, 5) is 0. The third-order valence-electron chi connectivity index (χ3n) is 3.62. The summed E-state index contributed by atoms with van der Waals surface area (Å²) >= 11 is 0. The van der Waals surface area contributed by atoms with Gasteiger partial charge in [0.1, 0.15) is 0 Å². The zero-order chi connectivity index (χ0) is 11.2. The third-order valence-corrected chi connectivity index (χ3v) is 3.62. The Bertz CT molecular complexity index is 281. The van der Waals surface area contributed by atoms with Crippen molar-refractivity contribution in [2.45, 2.75) is 57.4 Å². The molecule has 1 heterocycles. The van der Waals surface area contributed by atoms with E-state index in [0.717, 1.165) is 6.54 Å². The molecule has 0 aromatic carbocycles. The van der Waals surface area contributed by atoms with Crippen LogP contribution in [0.15, 0.2) is 23.0 Å². The van der Waals surface area contributed by atoms with Gasteiger partial charge in [-0.05, 0) is 49.8 Å². The van der Waals surface area contributed by atoms with Crippen molar-refractivity contribution in [2.24, 2.45) is 0 Å². The van der Waals surface area contributed by atoms with E-state index in [0.29, 0.717) is 12.0 Å². The highest BCUT2D eigenvalue weighted by atomic mass is 16.3. The van der Waals surface area contributed by atoms with E-state index in [1.165, 1.54) is 44.1 Å². The first-order valence-electron chi connectivity index (χ1n) is 6.65. The summed E-state index contributed by atoms with van der Waals surface area (Å²) in [6.07, 6.45) is 11.6. The van der Waals surface area contributed by atoms with Crippen molar-refractivity contribution in [1.29, 1.82) is 0 Å². The van der Waals surface area contributed by atoms with Gasteiger partial charge in [-0.1, -0.05) is 19.8 Å². The molecule has 0 saturated heterocycles. The topological polar surface area (TPSA) is 25.2 Å². The normalized spacial score (nSPS) is 26.6. The molecule has 1 aliphatic rings. The van der Waals surface area contributed by atoms with Crippen LogP contribution in [0.5, 0.6) is 0 Å². The first-order valence-corrected chi connectivity index (χ1v) is 6.65. The molecule has 2 heteroatoms. The minimum atomic E-state index is 0.704. The lowest BCUT2D eigenvalue weighted by molar-refractivity contribution is 0.437. The fraction of sp³-hybridized carbons (Fsp3) is 0.714. The third kappa shape index (κ3) is 3.11. The van der Waals surface area contributed by atoms with Crippen LogP contribution in [0.4, 0.5) is 0 Å². The zero-order valence-corrected chi connectivity index (χ0v) is 10.2. The first-order chi connectivity index (χ1) is 7.90. The highest BCUT2D eigenvalue weighted by Gasteiger charge is 2.21. The summed E-state index contributed by atoms with van der Waals surface area (Å²) in [5.41, 5.74) is 1.39. The molecule has 2 atom stereocenters. The standard InChI is InChI=1S/C14H23NO/c1-2-8-15-14-6-4-3-5-12(10-14)13-7-9-16-11-13/h7,9,11-12,14-15H,2-6,8,10H2,1H3. The Kier molecular flexibility index (Phi) is 4.46. The zero-order valence-electron chi connectivity index (χ0n) is 10.2. The van der Waals surface area contributed by atoms with Crippen LogP contribution in [-0.2, 0) is 0 Å². The van der Waals surface area contributed by atoms with Crippen molar-refractivity contribution in [2.75, 3.05) is 6.54 Å². The van der Waals surface area contributed by atoms with Crippen LogP contribution < -0.4 is 5.32 Å². The van der Waals surface area contributed by atoms with Gasteiger partial charge in [0.15, 0.2) is 0 Å². The fourth-order valence-electron chi connectivity index (χ4n) is 2.70. The average molecular weight is 221 g/mol. The SMILES string of the molecule is CCCNC1CCCCC(c2ccoc2)C1. The lowest BCUT2D eigenvalue weighted by Gasteiger charge is -2.20. The summed E-state index contributed by atoms with van der Waals surface area (Å²) < 4.78 is 5.20. The summed E-state index contributed by atoms with van der Waals surface area (Å²) in [5.74, 6) is 0.704. The lowest BCUT2D eigenvalue weighted by Crippen LogP contribution is -2.30. The molecule has 1 aromatic rings. The Labute approximate surface area is 98.4 Å². The summed E-state index contributed by atoms with van der Waals surface area (Å²) in [5, 5.41) is 3.67. The minimum Gasteiger partial charge on any atom is -0.472 e. The molecule has 0 aliphatic heterocycles. The molecule has 0 radical (unpaired) electrons. The molecule has 2 nitrogen and oxygen atoms in total. The van der Waals surface area contributed by atoms with Crippen LogP contribution in [0.3, 0.4) is 0 Å². The molecule has 1 saturated carbocycles. The van der Waals surface area contributed by atoms with Crippen molar-refractivity contribution >= 4 is 0 Å². The maximum absolute atomic E-state index is 5.20. The summed E-state index contributed by atoms with van der Waals surface area (Å²) in [6, 6.07) is 2.84. The van der Waals surface area contributed by atoms with Crippen molar-refractivity contribution in [3.63, 3.8) is 0 Å². The Morgan fingerprint density at radius 2 is 2.25 bits per heavy atom. The molecule has 1 aliphatic carbocycles. The van der Waals surface area contributed by atoms with Gasteiger partial charge >= 0.3 is 0 Å². The number of hydrogen-bond donors (Lipinski definition) is 1. The van der Waals surface area contributed by atoms with Crippen molar-refractivity contribution in [3.05, 3.63) is 24.2 Å². The second-order valence-electron chi connectivity index (χ2n) is 4.92. The molecule has 2 unspecified atom stereocenters. The van der Waals surface area contributed by atoms with Gasteiger partial charge in [0, 0.05) is 6.04 Å². The highest BCUT2D eigenvalue weighted by molar-refractivity contribution is 5.13. The monoisotopic (exact) mass is 221 g/mol. The van der Waals surface area contributed by atoms with E-state index in [2.05, 4.69) is 18.3 Å². The molecule has 0 amide bonds. The van der Waals surface area contributed by atoms with Gasteiger partial charge in [-0.2, -0.15) is 0 Å². The number of furan rings is 1. The van der Waals surface area contributed by atoms with Crippen LogP contribution in [0.1, 0.15) is 56.9 Å². The van der Waals surface area contributed by atoms with Crippen LogP contribution in [0.2, 0.25) is 0 Å². The molecular formula is C14H23NO. The predicted molar refractivity (Wildman–Crippen MR) is 66.6 cm³/mol. The maximum Gasteiger partial charge on any atom is 0.0937 e. The Morgan fingerprint density at radius 1 is 1.38 bits per heavy atom. The smallest absolute Gasteiger partial charge is 0.0937 e. The molecule has 1 fully saturated rings. The maximum atomic E-state index is 5.20.